The van der Waals surface area contributed by atoms with E-state index in [0.29, 0.717) is 17.7 Å². The highest BCUT2D eigenvalue weighted by Gasteiger charge is 2.27. The van der Waals surface area contributed by atoms with Crippen molar-refractivity contribution in [2.75, 3.05) is 19.5 Å². The molecule has 134 valence electrons. The molecule has 3 N–H and O–H groups in total. The molecule has 0 spiro atoms. The van der Waals surface area contributed by atoms with Gasteiger partial charge in [0.2, 0.25) is 5.91 Å². The van der Waals surface area contributed by atoms with E-state index >= 15 is 0 Å². The number of rotatable bonds is 8. The molecule has 8 heteroatoms. The largest absolute Gasteiger partial charge is 0.497 e. The Morgan fingerprint density at radius 1 is 1.32 bits per heavy atom. The highest BCUT2D eigenvalue weighted by Crippen LogP contribution is 2.31. The van der Waals surface area contributed by atoms with E-state index in [1.54, 1.807) is 31.4 Å². The van der Waals surface area contributed by atoms with E-state index in [1.807, 2.05) is 6.92 Å². The van der Waals surface area contributed by atoms with Crippen LogP contribution in [-0.4, -0.2) is 42.3 Å². The van der Waals surface area contributed by atoms with E-state index in [1.165, 1.54) is 7.05 Å². The maximum atomic E-state index is 11.9. The summed E-state index contributed by atoms with van der Waals surface area (Å²) >= 11 is 0. The topological polar surface area (TPSA) is 114 Å². The zero-order valence-corrected chi connectivity index (χ0v) is 14.3. The van der Waals surface area contributed by atoms with Gasteiger partial charge in [0, 0.05) is 12.6 Å². The van der Waals surface area contributed by atoms with E-state index in [4.69, 9.17) is 9.26 Å². The molecule has 8 nitrogen and oxygen atoms in total. The quantitative estimate of drug-likeness (QED) is 0.672. The summed E-state index contributed by atoms with van der Waals surface area (Å²) in [7, 11) is 3.07. The van der Waals surface area contributed by atoms with Gasteiger partial charge in [0.15, 0.2) is 17.1 Å². The fourth-order valence-electron chi connectivity index (χ4n) is 2.42. The SMILES string of the molecule is CCCC(Nc1noc(-c2ccc(OC)cc2)c1C(=O)O)C(=O)NC. The first-order valence-corrected chi connectivity index (χ1v) is 7.87. The van der Waals surface area contributed by atoms with E-state index in [9.17, 15) is 14.7 Å². The third kappa shape index (κ3) is 4.09. The van der Waals surface area contributed by atoms with Crippen LogP contribution in [0.15, 0.2) is 28.8 Å². The van der Waals surface area contributed by atoms with Gasteiger partial charge in [-0.2, -0.15) is 0 Å². The molecule has 0 aliphatic rings. The van der Waals surface area contributed by atoms with Gasteiger partial charge in [-0.25, -0.2) is 4.79 Å². The molecule has 1 atom stereocenters. The number of aromatic nitrogens is 1. The van der Waals surface area contributed by atoms with Crippen molar-refractivity contribution in [3.8, 4) is 17.1 Å². The zero-order chi connectivity index (χ0) is 18.4. The number of nitrogens with one attached hydrogen (secondary N) is 2. The van der Waals surface area contributed by atoms with Crippen molar-refractivity contribution in [1.29, 1.82) is 0 Å². The van der Waals surface area contributed by atoms with Gasteiger partial charge in [-0.15, -0.1) is 0 Å². The van der Waals surface area contributed by atoms with Gasteiger partial charge in [-0.3, -0.25) is 4.79 Å². The second kappa shape index (κ2) is 8.18. The smallest absolute Gasteiger partial charge is 0.343 e. The number of benzene rings is 1. The number of carbonyl (C=O) groups is 2. The second-order valence-corrected chi connectivity index (χ2v) is 5.37. The highest BCUT2D eigenvalue weighted by atomic mass is 16.5. The molecule has 0 aliphatic carbocycles. The monoisotopic (exact) mass is 347 g/mol. The lowest BCUT2D eigenvalue weighted by Crippen LogP contribution is -2.38. The number of carboxylic acid groups (broad SMARTS) is 1. The van der Waals surface area contributed by atoms with Crippen LogP contribution in [0, 0.1) is 0 Å². The third-order valence-corrected chi connectivity index (χ3v) is 3.71. The number of hydrogen-bond donors (Lipinski definition) is 3. The van der Waals surface area contributed by atoms with Gasteiger partial charge < -0.3 is 25.0 Å². The van der Waals surface area contributed by atoms with Crippen molar-refractivity contribution in [2.45, 2.75) is 25.8 Å². The molecule has 1 heterocycles. The van der Waals surface area contributed by atoms with Crippen LogP contribution in [-0.2, 0) is 4.79 Å². The second-order valence-electron chi connectivity index (χ2n) is 5.37. The van der Waals surface area contributed by atoms with Crippen LogP contribution in [0.5, 0.6) is 5.75 Å². The minimum atomic E-state index is -1.19. The Hall–Kier alpha value is -3.03. The molecule has 1 amide bonds. The summed E-state index contributed by atoms with van der Waals surface area (Å²) in [6, 6.07) is 6.15. The van der Waals surface area contributed by atoms with Gasteiger partial charge >= 0.3 is 5.97 Å². The number of likely N-dealkylation sites (N-methyl/N-ethyl adjacent to an activating group) is 1. The minimum absolute atomic E-state index is 0.0281. The maximum Gasteiger partial charge on any atom is 0.343 e. The van der Waals surface area contributed by atoms with Gasteiger partial charge in [0.25, 0.3) is 0 Å². The Bertz CT molecular complexity index is 739. The van der Waals surface area contributed by atoms with E-state index in [-0.39, 0.29) is 23.0 Å². The Balaban J connectivity index is 2.38. The van der Waals surface area contributed by atoms with Crippen LogP contribution in [0.4, 0.5) is 5.82 Å². The summed E-state index contributed by atoms with van der Waals surface area (Å²) < 4.78 is 10.3. The van der Waals surface area contributed by atoms with Crippen molar-refractivity contribution >= 4 is 17.7 Å². The fraction of sp³-hybridized carbons (Fsp3) is 0.353. The fourth-order valence-corrected chi connectivity index (χ4v) is 2.42. The summed E-state index contributed by atoms with van der Waals surface area (Å²) in [5.74, 6) is -0.653. The molecular formula is C17H21N3O5. The molecule has 0 radical (unpaired) electrons. The first kappa shape index (κ1) is 18.3. The van der Waals surface area contributed by atoms with Crippen LogP contribution in [0.1, 0.15) is 30.1 Å². The predicted octanol–water partition coefficient (Wildman–Crippen LogP) is 2.38. The van der Waals surface area contributed by atoms with Crippen molar-refractivity contribution in [1.82, 2.24) is 10.5 Å². The number of nitrogens with zero attached hydrogens (tertiary/aromatic N) is 1. The normalized spacial score (nSPS) is 11.6. The average molecular weight is 347 g/mol. The van der Waals surface area contributed by atoms with Gasteiger partial charge in [0.05, 0.1) is 7.11 Å². The van der Waals surface area contributed by atoms with Crippen LogP contribution >= 0.6 is 0 Å². The molecule has 1 aromatic heterocycles. The molecule has 2 rings (SSSR count). The summed E-state index contributed by atoms with van der Waals surface area (Å²) in [6.07, 6.45) is 1.28. The predicted molar refractivity (Wildman–Crippen MR) is 91.8 cm³/mol. The van der Waals surface area contributed by atoms with Gasteiger partial charge in [-0.1, -0.05) is 18.5 Å². The Morgan fingerprint density at radius 2 is 2.00 bits per heavy atom. The highest BCUT2D eigenvalue weighted by molar-refractivity contribution is 6.00. The first-order chi connectivity index (χ1) is 12.0. The summed E-state index contributed by atoms with van der Waals surface area (Å²) in [4.78, 5) is 23.7. The van der Waals surface area contributed by atoms with Crippen LogP contribution < -0.4 is 15.4 Å². The molecule has 25 heavy (non-hydrogen) atoms. The number of carboxylic acids is 1. The zero-order valence-electron chi connectivity index (χ0n) is 14.3. The Kier molecular flexibility index (Phi) is 5.99. The standard InChI is InChI=1S/C17H21N3O5/c1-4-5-12(16(21)18-2)19-15-13(17(22)23)14(25-20-15)10-6-8-11(24-3)9-7-10/h6-9,12H,4-5H2,1-3H3,(H,18,21)(H,19,20)(H,22,23). The molecule has 0 saturated heterocycles. The molecule has 0 saturated carbocycles. The number of methoxy groups -OCH3 is 1. The van der Waals surface area contributed by atoms with Crippen molar-refractivity contribution in [2.24, 2.45) is 0 Å². The summed E-state index contributed by atoms with van der Waals surface area (Å²) in [5.41, 5.74) is 0.431. The average Bonchev–Trinajstić information content (AvgIpc) is 3.04. The van der Waals surface area contributed by atoms with E-state index in [0.717, 1.165) is 6.42 Å². The number of ether oxygens (including phenoxy) is 1. The number of hydrogen-bond acceptors (Lipinski definition) is 6. The molecule has 2 aromatic rings. The van der Waals surface area contributed by atoms with Gasteiger partial charge in [-0.05, 0) is 30.7 Å². The Morgan fingerprint density at radius 3 is 2.52 bits per heavy atom. The first-order valence-electron chi connectivity index (χ1n) is 7.87. The van der Waals surface area contributed by atoms with Gasteiger partial charge in [0.1, 0.15) is 11.8 Å². The maximum absolute atomic E-state index is 11.9. The minimum Gasteiger partial charge on any atom is -0.497 e. The molecule has 0 bridgehead atoms. The number of aromatic carboxylic acids is 1. The number of carbonyl (C=O) groups excluding carboxylic acids is 1. The lowest BCUT2D eigenvalue weighted by Gasteiger charge is -2.16. The summed E-state index contributed by atoms with van der Waals surface area (Å²) in [6.45, 7) is 1.93. The lowest BCUT2D eigenvalue weighted by molar-refractivity contribution is -0.121. The lowest BCUT2D eigenvalue weighted by atomic mass is 10.1. The van der Waals surface area contributed by atoms with Crippen molar-refractivity contribution in [3.63, 3.8) is 0 Å². The van der Waals surface area contributed by atoms with Crippen LogP contribution in [0.25, 0.3) is 11.3 Å². The van der Waals surface area contributed by atoms with Crippen molar-refractivity contribution in [3.05, 3.63) is 29.8 Å². The molecule has 1 aromatic carbocycles. The molecular weight excluding hydrogens is 326 g/mol. The van der Waals surface area contributed by atoms with Crippen molar-refractivity contribution < 1.29 is 24.0 Å². The van der Waals surface area contributed by atoms with E-state index < -0.39 is 12.0 Å². The van der Waals surface area contributed by atoms with E-state index in [2.05, 4.69) is 15.8 Å². The molecule has 0 fully saturated rings. The summed E-state index contributed by atoms with van der Waals surface area (Å²) in [5, 5.41) is 18.8. The molecule has 0 aliphatic heterocycles. The molecule has 1 unspecified atom stereocenters. The van der Waals surface area contributed by atoms with Crippen LogP contribution in [0.3, 0.4) is 0 Å². The third-order valence-electron chi connectivity index (χ3n) is 3.71. The Labute approximate surface area is 145 Å². The number of anilines is 1. The van der Waals surface area contributed by atoms with Crippen LogP contribution in [0.2, 0.25) is 0 Å². The number of amides is 1.